The fourth-order valence-corrected chi connectivity index (χ4v) is 11.4. The van der Waals surface area contributed by atoms with Gasteiger partial charge in [-0.25, -0.2) is 0 Å². The van der Waals surface area contributed by atoms with Crippen LogP contribution in [0.15, 0.2) is 225 Å². The lowest BCUT2D eigenvalue weighted by Gasteiger charge is -2.35. The lowest BCUT2D eigenvalue weighted by molar-refractivity contribution is 0.549. The Kier molecular flexibility index (Phi) is 12.5. The molecule has 0 radical (unpaired) electrons. The number of hydrogen-bond acceptors (Lipinski definition) is 1. The molecule has 0 bridgehead atoms. The topological polar surface area (TPSA) is 3.24 Å². The molecule has 0 amide bonds. The molecule has 3 atom stereocenters. The molecule has 10 rings (SSSR count). The van der Waals surface area contributed by atoms with Gasteiger partial charge in [-0.1, -0.05) is 226 Å². The van der Waals surface area contributed by atoms with E-state index in [1.165, 1.54) is 77.9 Å². The third kappa shape index (κ3) is 8.20. The minimum absolute atomic E-state index is 0.148. The summed E-state index contributed by atoms with van der Waals surface area (Å²) in [7, 11) is 3.05. The minimum Gasteiger partial charge on any atom is -0.310 e. The van der Waals surface area contributed by atoms with E-state index in [2.05, 4.69) is 267 Å². The number of nitrogens with zero attached hydrogens (tertiary/aromatic N) is 1. The number of aryl methyl sites for hydroxylation is 2. The zero-order valence-electron chi connectivity index (χ0n) is 40.3. The maximum atomic E-state index is 4.02. The molecule has 3 unspecified atom stereocenters. The van der Waals surface area contributed by atoms with Crippen molar-refractivity contribution < 1.29 is 0 Å². The predicted molar refractivity (Wildman–Crippen MR) is 300 cm³/mol. The third-order valence-corrected chi connectivity index (χ3v) is 15.5. The molecule has 2 heteroatoms. The van der Waals surface area contributed by atoms with Gasteiger partial charge in [0.15, 0.2) is 0 Å². The van der Waals surface area contributed by atoms with Crippen LogP contribution in [0.1, 0.15) is 92.9 Å². The molecule has 69 heavy (non-hydrogen) atoms. The first kappa shape index (κ1) is 45.5. The molecule has 338 valence electrons. The van der Waals surface area contributed by atoms with Crippen LogP contribution in [0.3, 0.4) is 0 Å². The number of benzene rings is 9. The fourth-order valence-electron chi connectivity index (χ4n) is 10.9. The Bertz CT molecular complexity index is 3180. The van der Waals surface area contributed by atoms with Gasteiger partial charge in [0, 0.05) is 28.4 Å². The van der Waals surface area contributed by atoms with Crippen LogP contribution in [-0.4, -0.2) is 6.16 Å². The highest BCUT2D eigenvalue weighted by Crippen LogP contribution is 2.56. The molecule has 9 aromatic carbocycles. The van der Waals surface area contributed by atoms with Gasteiger partial charge >= 0.3 is 0 Å². The summed E-state index contributed by atoms with van der Waals surface area (Å²) < 4.78 is 0. The first-order chi connectivity index (χ1) is 33.7. The lowest BCUT2D eigenvalue weighted by Crippen LogP contribution is -2.29. The predicted octanol–water partition coefficient (Wildman–Crippen LogP) is 17.8. The van der Waals surface area contributed by atoms with Crippen molar-refractivity contribution in [2.75, 3.05) is 11.1 Å². The van der Waals surface area contributed by atoms with E-state index in [-0.39, 0.29) is 11.3 Å². The van der Waals surface area contributed by atoms with Gasteiger partial charge < -0.3 is 4.90 Å². The van der Waals surface area contributed by atoms with Crippen molar-refractivity contribution in [1.82, 2.24) is 0 Å². The summed E-state index contributed by atoms with van der Waals surface area (Å²) in [6.07, 6.45) is 5.69. The van der Waals surface area contributed by atoms with Crippen LogP contribution < -0.4 is 4.90 Å². The quantitative estimate of drug-likeness (QED) is 0.0983. The van der Waals surface area contributed by atoms with Crippen LogP contribution in [0.25, 0.3) is 34.4 Å². The second-order valence-electron chi connectivity index (χ2n) is 19.0. The van der Waals surface area contributed by atoms with Crippen molar-refractivity contribution in [2.24, 2.45) is 0 Å². The summed E-state index contributed by atoms with van der Waals surface area (Å²) in [4.78, 5) is 2.41. The van der Waals surface area contributed by atoms with Gasteiger partial charge in [0.2, 0.25) is 0 Å². The van der Waals surface area contributed by atoms with Crippen LogP contribution >= 0.6 is 9.24 Å². The van der Waals surface area contributed by atoms with Crippen LogP contribution in [-0.2, 0) is 10.8 Å². The monoisotopic (exact) mass is 909 g/mol. The molecule has 1 aliphatic carbocycles. The molecular weight excluding hydrogens is 850 g/mol. The molecule has 0 heterocycles. The van der Waals surface area contributed by atoms with E-state index in [1.54, 1.807) is 0 Å². The van der Waals surface area contributed by atoms with E-state index >= 15 is 0 Å². The van der Waals surface area contributed by atoms with Gasteiger partial charge in [0.05, 0.1) is 5.41 Å². The number of rotatable bonds is 14. The smallest absolute Gasteiger partial charge is 0.0713 e. The van der Waals surface area contributed by atoms with Crippen LogP contribution in [0.5, 0.6) is 0 Å². The molecule has 0 fully saturated rings. The highest BCUT2D eigenvalue weighted by Gasteiger charge is 2.46. The average Bonchev–Trinajstić information content (AvgIpc) is 3.71. The van der Waals surface area contributed by atoms with Crippen LogP contribution in [0.4, 0.5) is 17.1 Å². The van der Waals surface area contributed by atoms with Gasteiger partial charge in [-0.15, -0.1) is 9.24 Å². The number of hydrogen-bond donors (Lipinski definition) is 0. The number of fused-ring (bicyclic) bond motifs is 3. The molecule has 0 saturated heterocycles. The molecule has 0 N–H and O–H groups in total. The SMILES string of the molecule is C=Cc1ccc(C(CP)c2cc(-c3ccc(C4(c5ccc(C(C)(CC)c6ccc(C=C)cc6)cc5)c5ccccc5-c5ccccc54)cc3)cc(N(c3ccc(C)cc3)c3ccc(C)cc3)c2)cc1. The van der Waals surface area contributed by atoms with Crippen LogP contribution in [0, 0.1) is 13.8 Å². The van der Waals surface area contributed by atoms with Gasteiger partial charge in [-0.2, -0.15) is 0 Å². The Labute approximate surface area is 412 Å². The summed E-state index contributed by atoms with van der Waals surface area (Å²) in [5.74, 6) is 0.156. The van der Waals surface area contributed by atoms with E-state index in [0.29, 0.717) is 0 Å². The summed E-state index contributed by atoms with van der Waals surface area (Å²) in [5, 5.41) is 0. The molecule has 1 aliphatic rings. The highest BCUT2D eigenvalue weighted by atomic mass is 31.0. The summed E-state index contributed by atoms with van der Waals surface area (Å²) in [6.45, 7) is 17.0. The Morgan fingerprint density at radius 3 is 1.45 bits per heavy atom. The van der Waals surface area contributed by atoms with Crippen molar-refractivity contribution in [1.29, 1.82) is 0 Å². The van der Waals surface area contributed by atoms with Gasteiger partial charge in [-0.3, -0.25) is 0 Å². The Morgan fingerprint density at radius 1 is 0.507 bits per heavy atom. The first-order valence-electron chi connectivity index (χ1n) is 24.3. The van der Waals surface area contributed by atoms with E-state index in [0.717, 1.165) is 40.8 Å². The van der Waals surface area contributed by atoms with E-state index in [1.807, 2.05) is 12.2 Å². The molecule has 9 aromatic rings. The van der Waals surface area contributed by atoms with Gasteiger partial charge in [0.25, 0.3) is 0 Å². The normalized spacial score (nSPS) is 13.7. The second-order valence-corrected chi connectivity index (χ2v) is 19.5. The molecule has 0 spiro atoms. The second kappa shape index (κ2) is 19.0. The molecule has 1 nitrogen and oxygen atoms in total. The minimum atomic E-state index is -0.526. The van der Waals surface area contributed by atoms with Gasteiger partial charge in [0.1, 0.15) is 0 Å². The molecular formula is C67H60NP. The van der Waals surface area contributed by atoms with Crippen molar-refractivity contribution in [3.63, 3.8) is 0 Å². The van der Waals surface area contributed by atoms with E-state index in [9.17, 15) is 0 Å². The van der Waals surface area contributed by atoms with E-state index < -0.39 is 5.41 Å². The van der Waals surface area contributed by atoms with Crippen molar-refractivity contribution in [3.05, 3.63) is 292 Å². The first-order valence-corrected chi connectivity index (χ1v) is 25.2. The molecule has 0 aliphatic heterocycles. The van der Waals surface area contributed by atoms with Crippen molar-refractivity contribution >= 4 is 38.5 Å². The Morgan fingerprint density at radius 2 is 0.971 bits per heavy atom. The summed E-state index contributed by atoms with van der Waals surface area (Å²) in [5.41, 5.74) is 22.6. The standard InChI is InChI=1S/C67H60NP/c1-7-48-22-26-51(27-23-48)63(45-69)53-42-52(43-60(44-53)68(58-38-18-46(4)19-39-58)59-40-20-47(5)21-41-59)50-28-32-56(33-29-50)67(64-16-12-10-14-61(64)62-15-11-13-17-65(62)67)57-36-34-55(35-37-57)66(6,9-3)54-30-24-49(8-2)25-31-54/h7-8,10-44,63H,1-2,9,45,69H2,3-6H3. The lowest BCUT2D eigenvalue weighted by atomic mass is 9.66. The Hall–Kier alpha value is -7.31. The largest absolute Gasteiger partial charge is 0.310 e. The van der Waals surface area contributed by atoms with Crippen molar-refractivity contribution in [2.45, 2.75) is 50.9 Å². The maximum absolute atomic E-state index is 4.02. The van der Waals surface area contributed by atoms with Crippen LogP contribution in [0.2, 0.25) is 0 Å². The summed E-state index contributed by atoms with van der Waals surface area (Å²) in [6, 6.07) is 79.9. The third-order valence-electron chi connectivity index (χ3n) is 15.0. The average molecular weight is 910 g/mol. The highest BCUT2D eigenvalue weighted by molar-refractivity contribution is 7.16. The van der Waals surface area contributed by atoms with Crippen molar-refractivity contribution in [3.8, 4) is 22.3 Å². The fraction of sp³-hybridized carbons (Fsp3) is 0.134. The maximum Gasteiger partial charge on any atom is 0.0713 e. The zero-order valence-corrected chi connectivity index (χ0v) is 41.4. The molecule has 0 saturated carbocycles. The van der Waals surface area contributed by atoms with Gasteiger partial charge in [-0.05, 0) is 141 Å². The zero-order chi connectivity index (χ0) is 47.7. The Balaban J connectivity index is 1.14. The molecule has 0 aromatic heterocycles. The summed E-state index contributed by atoms with van der Waals surface area (Å²) >= 11 is 0. The number of anilines is 3. The van der Waals surface area contributed by atoms with E-state index in [4.69, 9.17) is 0 Å².